The van der Waals surface area contributed by atoms with Crippen LogP contribution in [0.1, 0.15) is 30.6 Å². The first-order valence-corrected chi connectivity index (χ1v) is 5.48. The summed E-state index contributed by atoms with van der Waals surface area (Å²) >= 11 is 0. The molecular formula is C11H17N3O3. The Bertz CT molecular complexity index is 382. The number of rotatable bonds is 6. The van der Waals surface area contributed by atoms with Gasteiger partial charge in [-0.2, -0.15) is 5.10 Å². The highest BCUT2D eigenvalue weighted by molar-refractivity contribution is 5.92. The van der Waals surface area contributed by atoms with Crippen LogP contribution in [-0.2, 0) is 0 Å². The zero-order valence-corrected chi connectivity index (χ0v) is 9.92. The lowest BCUT2D eigenvalue weighted by molar-refractivity contribution is 0.0697. The number of hydrogen-bond acceptors (Lipinski definition) is 5. The van der Waals surface area contributed by atoms with Gasteiger partial charge in [0.2, 0.25) is 0 Å². The van der Waals surface area contributed by atoms with E-state index in [0.29, 0.717) is 6.42 Å². The number of carboxylic acids is 1. The normalized spacial score (nSPS) is 12.5. The number of nitrogens with one attached hydrogen (secondary N) is 1. The van der Waals surface area contributed by atoms with Crippen LogP contribution in [0.2, 0.25) is 0 Å². The molecule has 0 aliphatic rings. The molecule has 3 N–H and O–H groups in total. The van der Waals surface area contributed by atoms with Gasteiger partial charge < -0.3 is 15.5 Å². The van der Waals surface area contributed by atoms with Gasteiger partial charge in [-0.3, -0.25) is 0 Å². The quantitative estimate of drug-likeness (QED) is 0.685. The minimum absolute atomic E-state index is 0.0326. The number of nitrogens with zero attached hydrogens (tertiary/aromatic N) is 2. The van der Waals surface area contributed by atoms with Crippen molar-refractivity contribution in [2.45, 2.75) is 26.3 Å². The molecule has 1 heterocycles. The fraction of sp³-hybridized carbons (Fsp3) is 0.545. The van der Waals surface area contributed by atoms with E-state index < -0.39 is 5.97 Å². The van der Waals surface area contributed by atoms with E-state index in [9.17, 15) is 4.79 Å². The molecule has 0 fully saturated rings. The summed E-state index contributed by atoms with van der Waals surface area (Å²) in [4.78, 5) is 11.0. The van der Waals surface area contributed by atoms with Crippen LogP contribution < -0.4 is 5.32 Å². The van der Waals surface area contributed by atoms with E-state index in [-0.39, 0.29) is 29.9 Å². The smallest absolute Gasteiger partial charge is 0.339 e. The fourth-order valence-corrected chi connectivity index (χ4v) is 1.50. The lowest BCUT2D eigenvalue weighted by atomic mass is 10.0. The van der Waals surface area contributed by atoms with Crippen molar-refractivity contribution in [3.05, 3.63) is 17.8 Å². The predicted octanol–water partition coefficient (Wildman–Crippen LogP) is 0.994. The molecule has 0 bridgehead atoms. The maximum absolute atomic E-state index is 11.0. The van der Waals surface area contributed by atoms with Gasteiger partial charge in [0.25, 0.3) is 0 Å². The molecule has 0 aliphatic carbocycles. The molecule has 0 saturated heterocycles. The third-order valence-electron chi connectivity index (χ3n) is 2.52. The van der Waals surface area contributed by atoms with Crippen molar-refractivity contribution in [2.24, 2.45) is 5.92 Å². The maximum Gasteiger partial charge on any atom is 0.339 e. The van der Waals surface area contributed by atoms with E-state index in [1.54, 1.807) is 0 Å². The number of hydrogen-bond donors (Lipinski definition) is 3. The maximum atomic E-state index is 11.0. The van der Waals surface area contributed by atoms with Crippen LogP contribution in [0, 0.1) is 5.92 Å². The van der Waals surface area contributed by atoms with Crippen LogP contribution in [0.4, 0.5) is 5.82 Å². The second-order valence-electron chi connectivity index (χ2n) is 4.11. The lowest BCUT2D eigenvalue weighted by Crippen LogP contribution is -2.28. The van der Waals surface area contributed by atoms with Gasteiger partial charge in [0.05, 0.1) is 6.20 Å². The molecule has 0 aliphatic heterocycles. The van der Waals surface area contributed by atoms with Gasteiger partial charge in [-0.1, -0.05) is 13.8 Å². The minimum atomic E-state index is -1.05. The third kappa shape index (κ3) is 3.67. The van der Waals surface area contributed by atoms with Gasteiger partial charge in [-0.05, 0) is 18.4 Å². The Morgan fingerprint density at radius 2 is 2.24 bits per heavy atom. The van der Waals surface area contributed by atoms with Gasteiger partial charge in [0, 0.05) is 12.6 Å². The first kappa shape index (κ1) is 13.4. The minimum Gasteiger partial charge on any atom is -0.478 e. The van der Waals surface area contributed by atoms with E-state index in [1.807, 2.05) is 13.8 Å². The summed E-state index contributed by atoms with van der Waals surface area (Å²) in [6.07, 6.45) is 1.87. The van der Waals surface area contributed by atoms with E-state index >= 15 is 0 Å². The monoisotopic (exact) mass is 239 g/mol. The fourth-order valence-electron chi connectivity index (χ4n) is 1.50. The first-order chi connectivity index (χ1) is 8.06. The topological polar surface area (TPSA) is 95.3 Å². The molecule has 17 heavy (non-hydrogen) atoms. The van der Waals surface area contributed by atoms with Crippen LogP contribution in [-0.4, -0.2) is 39.0 Å². The van der Waals surface area contributed by atoms with E-state index in [0.717, 1.165) is 0 Å². The molecule has 6 nitrogen and oxygen atoms in total. The molecule has 0 amide bonds. The van der Waals surface area contributed by atoms with Crippen molar-refractivity contribution < 1.29 is 15.0 Å². The Hall–Kier alpha value is -1.69. The SMILES string of the molecule is CC(C)C(CCO)Nc1nnccc1C(=O)O. The number of aromatic nitrogens is 2. The summed E-state index contributed by atoms with van der Waals surface area (Å²) in [6, 6.07) is 1.36. The molecule has 0 aromatic carbocycles. The highest BCUT2D eigenvalue weighted by Crippen LogP contribution is 2.16. The standard InChI is InChI=1S/C11H17N3O3/c1-7(2)9(4-6-15)13-10-8(11(16)17)3-5-12-14-10/h3,5,7,9,15H,4,6H2,1-2H3,(H,13,14)(H,16,17). The van der Waals surface area contributed by atoms with Crippen molar-refractivity contribution in [1.82, 2.24) is 10.2 Å². The molecule has 1 atom stereocenters. The lowest BCUT2D eigenvalue weighted by Gasteiger charge is -2.22. The third-order valence-corrected chi connectivity index (χ3v) is 2.52. The molecule has 6 heteroatoms. The highest BCUT2D eigenvalue weighted by atomic mass is 16.4. The number of aromatic carboxylic acids is 1. The Morgan fingerprint density at radius 3 is 2.76 bits per heavy atom. The summed E-state index contributed by atoms with van der Waals surface area (Å²) in [6.45, 7) is 4.02. The summed E-state index contributed by atoms with van der Waals surface area (Å²) in [7, 11) is 0. The molecular weight excluding hydrogens is 222 g/mol. The Balaban J connectivity index is 2.88. The summed E-state index contributed by atoms with van der Waals surface area (Å²) in [5.41, 5.74) is 0.0867. The summed E-state index contributed by atoms with van der Waals surface area (Å²) in [5.74, 6) is -0.549. The van der Waals surface area contributed by atoms with Gasteiger partial charge in [-0.15, -0.1) is 5.10 Å². The molecule has 1 unspecified atom stereocenters. The van der Waals surface area contributed by atoms with Gasteiger partial charge in [0.1, 0.15) is 5.56 Å². The number of aliphatic hydroxyl groups is 1. The summed E-state index contributed by atoms with van der Waals surface area (Å²) in [5, 5.41) is 28.4. The molecule has 94 valence electrons. The number of carboxylic acid groups (broad SMARTS) is 1. The van der Waals surface area contributed by atoms with Gasteiger partial charge >= 0.3 is 5.97 Å². The van der Waals surface area contributed by atoms with Crippen LogP contribution >= 0.6 is 0 Å². The average molecular weight is 239 g/mol. The molecule has 1 rings (SSSR count). The molecule has 1 aromatic heterocycles. The molecule has 0 spiro atoms. The van der Waals surface area contributed by atoms with Crippen LogP contribution in [0.5, 0.6) is 0 Å². The zero-order chi connectivity index (χ0) is 12.8. The zero-order valence-electron chi connectivity index (χ0n) is 9.92. The van der Waals surface area contributed by atoms with Crippen LogP contribution in [0.15, 0.2) is 12.3 Å². The highest BCUT2D eigenvalue weighted by Gasteiger charge is 2.17. The van der Waals surface area contributed by atoms with Crippen molar-refractivity contribution >= 4 is 11.8 Å². The first-order valence-electron chi connectivity index (χ1n) is 5.48. The van der Waals surface area contributed by atoms with E-state index in [4.69, 9.17) is 10.2 Å². The van der Waals surface area contributed by atoms with Gasteiger partial charge in [-0.25, -0.2) is 4.79 Å². The van der Waals surface area contributed by atoms with E-state index in [1.165, 1.54) is 12.3 Å². The molecule has 0 radical (unpaired) electrons. The second-order valence-corrected chi connectivity index (χ2v) is 4.11. The van der Waals surface area contributed by atoms with Crippen molar-refractivity contribution in [1.29, 1.82) is 0 Å². The van der Waals surface area contributed by atoms with Crippen molar-refractivity contribution in [3.8, 4) is 0 Å². The van der Waals surface area contributed by atoms with Crippen LogP contribution in [0.3, 0.4) is 0 Å². The Labute approximate surface area is 99.7 Å². The van der Waals surface area contributed by atoms with Crippen molar-refractivity contribution in [3.63, 3.8) is 0 Å². The summed E-state index contributed by atoms with van der Waals surface area (Å²) < 4.78 is 0. The number of anilines is 1. The van der Waals surface area contributed by atoms with E-state index in [2.05, 4.69) is 15.5 Å². The number of carbonyl (C=O) groups is 1. The number of aliphatic hydroxyl groups excluding tert-OH is 1. The molecule has 0 saturated carbocycles. The average Bonchev–Trinajstić information content (AvgIpc) is 2.28. The second kappa shape index (κ2) is 6.15. The Morgan fingerprint density at radius 1 is 1.53 bits per heavy atom. The largest absolute Gasteiger partial charge is 0.478 e. The Kier molecular flexibility index (Phi) is 4.84. The van der Waals surface area contributed by atoms with Gasteiger partial charge in [0.15, 0.2) is 5.82 Å². The molecule has 1 aromatic rings. The van der Waals surface area contributed by atoms with Crippen molar-refractivity contribution in [2.75, 3.05) is 11.9 Å². The predicted molar refractivity (Wildman–Crippen MR) is 62.9 cm³/mol. The van der Waals surface area contributed by atoms with Crippen LogP contribution in [0.25, 0.3) is 0 Å².